The van der Waals surface area contributed by atoms with Gasteiger partial charge in [0.15, 0.2) is 5.82 Å². The standard InChI is InChI=1S/C20H25F2N5O2S/c1-20(2,3)29-19(28)23-10-6-4-5-7-17-24-25-18-27(17)26-16(12-30-18)14-9-8-13(21)11-15(14)22/h8-9,11H,4-7,10,12H2,1-3H3,(H,23,28). The van der Waals surface area contributed by atoms with Gasteiger partial charge in [0.25, 0.3) is 0 Å². The minimum Gasteiger partial charge on any atom is -0.444 e. The molecule has 2 aromatic rings. The Morgan fingerprint density at radius 2 is 2.03 bits per heavy atom. The number of aryl methyl sites for hydroxylation is 1. The van der Waals surface area contributed by atoms with Crippen LogP contribution < -0.4 is 5.32 Å². The summed E-state index contributed by atoms with van der Waals surface area (Å²) in [5.74, 6) is -0.119. The first kappa shape index (κ1) is 22.2. The van der Waals surface area contributed by atoms with Gasteiger partial charge in [-0.1, -0.05) is 18.2 Å². The number of halogens is 2. The Balaban J connectivity index is 1.51. The Labute approximate surface area is 178 Å². The fourth-order valence-corrected chi connectivity index (χ4v) is 3.72. The topological polar surface area (TPSA) is 81.4 Å². The van der Waals surface area contributed by atoms with Gasteiger partial charge < -0.3 is 10.1 Å². The van der Waals surface area contributed by atoms with E-state index in [1.807, 2.05) is 20.8 Å². The van der Waals surface area contributed by atoms with Crippen molar-refractivity contribution in [3.63, 3.8) is 0 Å². The van der Waals surface area contributed by atoms with Crippen LogP contribution in [-0.4, -0.2) is 44.6 Å². The molecule has 1 aromatic carbocycles. The number of unbranched alkanes of at least 4 members (excludes halogenated alkanes) is 2. The van der Waals surface area contributed by atoms with E-state index in [1.165, 1.54) is 23.9 Å². The van der Waals surface area contributed by atoms with Gasteiger partial charge in [0.1, 0.15) is 17.2 Å². The van der Waals surface area contributed by atoms with Crippen LogP contribution in [0.2, 0.25) is 0 Å². The third kappa shape index (κ3) is 6.01. The van der Waals surface area contributed by atoms with E-state index >= 15 is 0 Å². The summed E-state index contributed by atoms with van der Waals surface area (Å²) in [6, 6.07) is 3.48. The van der Waals surface area contributed by atoms with Gasteiger partial charge >= 0.3 is 6.09 Å². The van der Waals surface area contributed by atoms with Gasteiger partial charge in [-0.25, -0.2) is 13.6 Å². The smallest absolute Gasteiger partial charge is 0.407 e. The number of nitrogens with one attached hydrogen (secondary N) is 1. The van der Waals surface area contributed by atoms with Crippen LogP contribution in [0, 0.1) is 11.6 Å². The van der Waals surface area contributed by atoms with Gasteiger partial charge in [-0.15, -0.1) is 10.2 Å². The van der Waals surface area contributed by atoms with Crippen molar-refractivity contribution in [3.05, 3.63) is 41.2 Å². The number of rotatable bonds is 7. The lowest BCUT2D eigenvalue weighted by Crippen LogP contribution is -2.32. The van der Waals surface area contributed by atoms with Crippen LogP contribution in [0.1, 0.15) is 51.4 Å². The second kappa shape index (κ2) is 9.55. The minimum absolute atomic E-state index is 0.280. The lowest BCUT2D eigenvalue weighted by Gasteiger charge is -2.19. The van der Waals surface area contributed by atoms with Crippen molar-refractivity contribution in [2.45, 2.75) is 57.2 Å². The third-order valence-corrected chi connectivity index (χ3v) is 5.15. The zero-order chi connectivity index (χ0) is 21.7. The minimum atomic E-state index is -0.634. The maximum absolute atomic E-state index is 14.1. The van der Waals surface area contributed by atoms with Crippen molar-refractivity contribution in [1.82, 2.24) is 20.2 Å². The first-order chi connectivity index (χ1) is 14.2. The van der Waals surface area contributed by atoms with Crippen molar-refractivity contribution in [1.29, 1.82) is 0 Å². The molecule has 1 aliphatic rings. The maximum atomic E-state index is 14.1. The molecule has 0 bridgehead atoms. The number of nitrogens with zero attached hydrogens (tertiary/aromatic N) is 4. The number of carbonyl (C=O) groups excluding carboxylic acids is 1. The molecule has 1 aliphatic heterocycles. The molecular formula is C20H25F2N5O2S. The Hall–Kier alpha value is -2.49. The average molecular weight is 438 g/mol. The summed E-state index contributed by atoms with van der Waals surface area (Å²) in [6.45, 7) is 6.00. The highest BCUT2D eigenvalue weighted by atomic mass is 32.2. The molecule has 0 aliphatic carbocycles. The molecule has 0 spiro atoms. The number of ether oxygens (including phenoxy) is 1. The number of alkyl carbamates (subject to hydrolysis) is 1. The highest BCUT2D eigenvalue weighted by Crippen LogP contribution is 2.25. The fraction of sp³-hybridized carbons (Fsp3) is 0.500. The predicted molar refractivity (Wildman–Crippen MR) is 111 cm³/mol. The van der Waals surface area contributed by atoms with E-state index < -0.39 is 23.3 Å². The van der Waals surface area contributed by atoms with Crippen LogP contribution in [-0.2, 0) is 11.2 Å². The van der Waals surface area contributed by atoms with E-state index in [0.29, 0.717) is 35.4 Å². The molecule has 0 unspecified atom stereocenters. The zero-order valence-electron chi connectivity index (χ0n) is 17.2. The molecule has 0 saturated carbocycles. The van der Waals surface area contributed by atoms with Crippen LogP contribution in [0.3, 0.4) is 0 Å². The zero-order valence-corrected chi connectivity index (χ0v) is 18.1. The third-order valence-electron chi connectivity index (χ3n) is 4.22. The summed E-state index contributed by atoms with van der Waals surface area (Å²) in [6.07, 6.45) is 2.77. The van der Waals surface area contributed by atoms with E-state index in [4.69, 9.17) is 4.74 Å². The van der Waals surface area contributed by atoms with E-state index in [1.54, 1.807) is 4.68 Å². The molecule has 2 heterocycles. The van der Waals surface area contributed by atoms with Crippen LogP contribution in [0.5, 0.6) is 0 Å². The number of aromatic nitrogens is 3. The second-order valence-electron chi connectivity index (χ2n) is 7.91. The molecule has 7 nitrogen and oxygen atoms in total. The van der Waals surface area contributed by atoms with Crippen LogP contribution >= 0.6 is 11.8 Å². The van der Waals surface area contributed by atoms with Crippen LogP contribution in [0.25, 0.3) is 0 Å². The normalized spacial score (nSPS) is 13.6. The lowest BCUT2D eigenvalue weighted by molar-refractivity contribution is 0.0527. The Morgan fingerprint density at radius 1 is 1.23 bits per heavy atom. The SMILES string of the molecule is CC(C)(C)OC(=O)NCCCCCc1nnc2n1N=C(c1ccc(F)cc1F)CS2. The Kier molecular flexibility index (Phi) is 7.06. The molecule has 1 amide bonds. The van der Waals surface area contributed by atoms with Crippen molar-refractivity contribution in [2.75, 3.05) is 12.3 Å². The summed E-state index contributed by atoms with van der Waals surface area (Å²) in [5.41, 5.74) is 0.292. The molecule has 0 fully saturated rings. The number of thioether (sulfide) groups is 1. The number of hydrogen-bond acceptors (Lipinski definition) is 6. The number of carbonyl (C=O) groups is 1. The maximum Gasteiger partial charge on any atom is 0.407 e. The molecule has 162 valence electrons. The van der Waals surface area contributed by atoms with Gasteiger partial charge in [-0.05, 0) is 45.7 Å². The van der Waals surface area contributed by atoms with Gasteiger partial charge in [-0.3, -0.25) is 0 Å². The highest BCUT2D eigenvalue weighted by molar-refractivity contribution is 7.99. The molecule has 10 heteroatoms. The monoisotopic (exact) mass is 437 g/mol. The van der Waals surface area contributed by atoms with Gasteiger partial charge in [0.2, 0.25) is 5.16 Å². The van der Waals surface area contributed by atoms with Crippen LogP contribution in [0.4, 0.5) is 13.6 Å². The first-order valence-electron chi connectivity index (χ1n) is 9.80. The number of fused-ring (bicyclic) bond motifs is 1. The molecule has 0 atom stereocenters. The molecule has 0 saturated heterocycles. The van der Waals surface area contributed by atoms with Crippen molar-refractivity contribution in [2.24, 2.45) is 5.10 Å². The molecule has 1 aromatic heterocycles. The van der Waals surface area contributed by atoms with Gasteiger partial charge in [0.05, 0.1) is 5.71 Å². The number of amides is 1. The van der Waals surface area contributed by atoms with Gasteiger partial charge in [-0.2, -0.15) is 9.78 Å². The largest absolute Gasteiger partial charge is 0.444 e. The number of benzene rings is 1. The summed E-state index contributed by atoms with van der Waals surface area (Å²) in [7, 11) is 0. The quantitative estimate of drug-likeness (QED) is 0.658. The average Bonchev–Trinajstić information content (AvgIpc) is 3.05. The Bertz CT molecular complexity index is 940. The van der Waals surface area contributed by atoms with Crippen molar-refractivity contribution in [3.8, 4) is 0 Å². The lowest BCUT2D eigenvalue weighted by atomic mass is 10.1. The molecule has 1 N–H and O–H groups in total. The summed E-state index contributed by atoms with van der Waals surface area (Å²) >= 11 is 1.42. The van der Waals surface area contributed by atoms with Crippen molar-refractivity contribution >= 4 is 23.6 Å². The van der Waals surface area contributed by atoms with E-state index in [2.05, 4.69) is 20.6 Å². The fourth-order valence-electron chi connectivity index (χ4n) is 2.87. The first-order valence-corrected chi connectivity index (χ1v) is 10.8. The molecule has 0 radical (unpaired) electrons. The van der Waals surface area contributed by atoms with E-state index in [-0.39, 0.29) is 5.56 Å². The number of hydrogen-bond donors (Lipinski definition) is 1. The van der Waals surface area contributed by atoms with E-state index in [0.717, 1.165) is 25.3 Å². The van der Waals surface area contributed by atoms with E-state index in [9.17, 15) is 13.6 Å². The highest BCUT2D eigenvalue weighted by Gasteiger charge is 2.21. The summed E-state index contributed by atoms with van der Waals surface area (Å²) in [5, 5.41) is 16.2. The van der Waals surface area contributed by atoms with Crippen molar-refractivity contribution < 1.29 is 18.3 Å². The predicted octanol–water partition coefficient (Wildman–Crippen LogP) is 4.15. The van der Waals surface area contributed by atoms with Gasteiger partial charge in [0, 0.05) is 30.3 Å². The molecule has 3 rings (SSSR count). The second-order valence-corrected chi connectivity index (χ2v) is 8.85. The Morgan fingerprint density at radius 3 is 2.77 bits per heavy atom. The summed E-state index contributed by atoms with van der Waals surface area (Å²) in [4.78, 5) is 11.6. The molecule has 30 heavy (non-hydrogen) atoms. The summed E-state index contributed by atoms with van der Waals surface area (Å²) < 4.78 is 34.1. The molecular weight excluding hydrogens is 412 g/mol. The van der Waals surface area contributed by atoms with Crippen LogP contribution in [0.15, 0.2) is 28.5 Å².